The van der Waals surface area contributed by atoms with Gasteiger partial charge in [-0.2, -0.15) is 0 Å². The lowest BCUT2D eigenvalue weighted by Gasteiger charge is -2.22. The lowest BCUT2D eigenvalue weighted by atomic mass is 9.88. The van der Waals surface area contributed by atoms with Crippen LogP contribution in [-0.4, -0.2) is 14.3 Å². The van der Waals surface area contributed by atoms with Crippen molar-refractivity contribution in [3.63, 3.8) is 0 Å². The highest BCUT2D eigenvalue weighted by Gasteiger charge is 2.18. The molecule has 1 atom stereocenters. The zero-order valence-electron chi connectivity index (χ0n) is 19.1. The zero-order valence-corrected chi connectivity index (χ0v) is 19.9. The Bertz CT molecular complexity index is 1230. The predicted octanol–water partition coefficient (Wildman–Crippen LogP) is 5.56. The second kappa shape index (κ2) is 9.79. The van der Waals surface area contributed by atoms with E-state index >= 15 is 0 Å². The first-order chi connectivity index (χ1) is 15.9. The number of rotatable bonds is 7. The van der Waals surface area contributed by atoms with Crippen molar-refractivity contribution < 1.29 is 13.2 Å². The number of anilines is 1. The Balaban J connectivity index is 1.44. The lowest BCUT2D eigenvalue weighted by Crippen LogP contribution is -2.28. The van der Waals surface area contributed by atoms with Crippen molar-refractivity contribution in [3.8, 4) is 0 Å². The van der Waals surface area contributed by atoms with Gasteiger partial charge in [0.15, 0.2) is 0 Å². The standard InChI is InChI=1S/C27H30N2O3S/c1-3-26(23-11-10-20-6-4-5-7-22(20)18-23)28-27(30)21-12-14-24(15-13-21)29-33(31,32)25-16-8-19(2)9-17-25/h8-18,26,29H,3-7H2,1-2H3,(H,28,30). The van der Waals surface area contributed by atoms with Crippen molar-refractivity contribution in [1.82, 2.24) is 5.32 Å². The van der Waals surface area contributed by atoms with Crippen LogP contribution in [0.25, 0.3) is 0 Å². The van der Waals surface area contributed by atoms with Gasteiger partial charge in [0.1, 0.15) is 0 Å². The van der Waals surface area contributed by atoms with E-state index in [2.05, 4.69) is 35.2 Å². The first kappa shape index (κ1) is 23.1. The van der Waals surface area contributed by atoms with Crippen LogP contribution in [0.4, 0.5) is 5.69 Å². The maximum absolute atomic E-state index is 12.9. The molecule has 4 rings (SSSR count). The Morgan fingerprint density at radius 3 is 2.24 bits per heavy atom. The molecule has 0 radical (unpaired) electrons. The van der Waals surface area contributed by atoms with Crippen molar-refractivity contribution in [1.29, 1.82) is 0 Å². The molecule has 0 aromatic heterocycles. The van der Waals surface area contributed by atoms with Crippen LogP contribution in [0.1, 0.15) is 64.8 Å². The van der Waals surface area contributed by atoms with Gasteiger partial charge in [-0.05, 0) is 92.1 Å². The highest BCUT2D eigenvalue weighted by molar-refractivity contribution is 7.92. The van der Waals surface area contributed by atoms with E-state index in [9.17, 15) is 13.2 Å². The van der Waals surface area contributed by atoms with Crippen LogP contribution in [0.3, 0.4) is 0 Å². The molecule has 3 aromatic carbocycles. The quantitative estimate of drug-likeness (QED) is 0.483. The molecular formula is C27H30N2O3S. The molecule has 33 heavy (non-hydrogen) atoms. The van der Waals surface area contributed by atoms with E-state index in [0.717, 1.165) is 30.4 Å². The maximum atomic E-state index is 12.9. The molecule has 172 valence electrons. The molecule has 3 aromatic rings. The van der Waals surface area contributed by atoms with Gasteiger partial charge in [0.2, 0.25) is 0 Å². The van der Waals surface area contributed by atoms with Gasteiger partial charge in [-0.1, -0.05) is 42.8 Å². The smallest absolute Gasteiger partial charge is 0.261 e. The van der Waals surface area contributed by atoms with Crippen molar-refractivity contribution in [3.05, 3.63) is 94.5 Å². The van der Waals surface area contributed by atoms with Crippen LogP contribution in [-0.2, 0) is 22.9 Å². The van der Waals surface area contributed by atoms with Crippen LogP contribution in [0, 0.1) is 6.92 Å². The molecule has 6 heteroatoms. The molecule has 1 amide bonds. The summed E-state index contributed by atoms with van der Waals surface area (Å²) in [5, 5.41) is 3.13. The fourth-order valence-corrected chi connectivity index (χ4v) is 5.31. The van der Waals surface area contributed by atoms with E-state index in [0.29, 0.717) is 11.3 Å². The fraction of sp³-hybridized carbons (Fsp3) is 0.296. The van der Waals surface area contributed by atoms with Gasteiger partial charge in [0.25, 0.3) is 15.9 Å². The summed E-state index contributed by atoms with van der Waals surface area (Å²) in [7, 11) is -3.68. The molecule has 0 saturated carbocycles. The molecule has 5 nitrogen and oxygen atoms in total. The second-order valence-corrected chi connectivity index (χ2v) is 10.3. The molecule has 0 bridgehead atoms. The molecule has 0 saturated heterocycles. The monoisotopic (exact) mass is 462 g/mol. The second-order valence-electron chi connectivity index (χ2n) is 8.67. The summed E-state index contributed by atoms with van der Waals surface area (Å²) in [5.41, 5.74) is 5.85. The molecule has 0 aliphatic heterocycles. The number of hydrogen-bond acceptors (Lipinski definition) is 3. The number of carbonyl (C=O) groups is 1. The van der Waals surface area contributed by atoms with Gasteiger partial charge in [-0.25, -0.2) is 8.42 Å². The molecule has 0 heterocycles. The predicted molar refractivity (Wildman–Crippen MR) is 132 cm³/mol. The topological polar surface area (TPSA) is 75.3 Å². The highest BCUT2D eigenvalue weighted by Crippen LogP contribution is 2.26. The Labute approximate surface area is 196 Å². The van der Waals surface area contributed by atoms with Crippen LogP contribution >= 0.6 is 0 Å². The van der Waals surface area contributed by atoms with Crippen molar-refractivity contribution in [2.24, 2.45) is 0 Å². The van der Waals surface area contributed by atoms with Crippen LogP contribution in [0.15, 0.2) is 71.6 Å². The van der Waals surface area contributed by atoms with Gasteiger partial charge in [-0.15, -0.1) is 0 Å². The number of carbonyl (C=O) groups excluding carboxylic acids is 1. The van der Waals surface area contributed by atoms with Gasteiger partial charge < -0.3 is 5.32 Å². The summed E-state index contributed by atoms with van der Waals surface area (Å²) in [6.07, 6.45) is 5.50. The van der Waals surface area contributed by atoms with E-state index in [1.807, 2.05) is 6.92 Å². The van der Waals surface area contributed by atoms with Gasteiger partial charge in [-0.3, -0.25) is 9.52 Å². The third-order valence-corrected chi connectivity index (χ3v) is 7.62. The van der Waals surface area contributed by atoms with E-state index in [1.54, 1.807) is 48.5 Å². The van der Waals surface area contributed by atoms with Crippen LogP contribution in [0.5, 0.6) is 0 Å². The number of fused-ring (bicyclic) bond motifs is 1. The highest BCUT2D eigenvalue weighted by atomic mass is 32.2. The molecule has 0 fully saturated rings. The van der Waals surface area contributed by atoms with Gasteiger partial charge >= 0.3 is 0 Å². The third-order valence-electron chi connectivity index (χ3n) is 6.22. The Hall–Kier alpha value is -3.12. The summed E-state index contributed by atoms with van der Waals surface area (Å²) in [4.78, 5) is 13.1. The summed E-state index contributed by atoms with van der Waals surface area (Å²) >= 11 is 0. The molecule has 0 spiro atoms. The summed E-state index contributed by atoms with van der Waals surface area (Å²) in [5.74, 6) is -0.174. The van der Waals surface area contributed by atoms with Gasteiger partial charge in [0.05, 0.1) is 10.9 Å². The van der Waals surface area contributed by atoms with Crippen molar-refractivity contribution in [2.45, 2.75) is 56.9 Å². The molecule has 1 aliphatic carbocycles. The first-order valence-corrected chi connectivity index (χ1v) is 13.0. The Morgan fingerprint density at radius 1 is 0.909 bits per heavy atom. The minimum Gasteiger partial charge on any atom is -0.345 e. The number of nitrogens with one attached hydrogen (secondary N) is 2. The number of benzene rings is 3. The number of amides is 1. The maximum Gasteiger partial charge on any atom is 0.261 e. The minimum atomic E-state index is -3.68. The zero-order chi connectivity index (χ0) is 23.4. The van der Waals surface area contributed by atoms with E-state index in [-0.39, 0.29) is 16.8 Å². The fourth-order valence-electron chi connectivity index (χ4n) is 4.25. The van der Waals surface area contributed by atoms with Crippen LogP contribution in [0.2, 0.25) is 0 Å². The lowest BCUT2D eigenvalue weighted by molar-refractivity contribution is 0.0935. The van der Waals surface area contributed by atoms with Gasteiger partial charge in [0, 0.05) is 11.3 Å². The average molecular weight is 463 g/mol. The first-order valence-electron chi connectivity index (χ1n) is 11.5. The number of sulfonamides is 1. The van der Waals surface area contributed by atoms with Crippen molar-refractivity contribution >= 4 is 21.6 Å². The summed E-state index contributed by atoms with van der Waals surface area (Å²) in [6.45, 7) is 3.97. The van der Waals surface area contributed by atoms with E-state index in [4.69, 9.17) is 0 Å². The van der Waals surface area contributed by atoms with Crippen LogP contribution < -0.4 is 10.0 Å². The number of aryl methyl sites for hydroxylation is 3. The largest absolute Gasteiger partial charge is 0.345 e. The molecular weight excluding hydrogens is 432 g/mol. The summed E-state index contributed by atoms with van der Waals surface area (Å²) in [6, 6.07) is 19.7. The van der Waals surface area contributed by atoms with Crippen molar-refractivity contribution in [2.75, 3.05) is 4.72 Å². The van der Waals surface area contributed by atoms with E-state index in [1.165, 1.54) is 24.0 Å². The molecule has 1 unspecified atom stereocenters. The normalized spacial score (nSPS) is 14.2. The summed E-state index contributed by atoms with van der Waals surface area (Å²) < 4.78 is 27.7. The minimum absolute atomic E-state index is 0.0653. The Morgan fingerprint density at radius 2 is 1.58 bits per heavy atom. The molecule has 2 N–H and O–H groups in total. The SMILES string of the molecule is CCC(NC(=O)c1ccc(NS(=O)(=O)c2ccc(C)cc2)cc1)c1ccc2c(c1)CCCC2. The van der Waals surface area contributed by atoms with E-state index < -0.39 is 10.0 Å². The third kappa shape index (κ3) is 5.45. The number of hydrogen-bond donors (Lipinski definition) is 2. The average Bonchev–Trinajstić information content (AvgIpc) is 2.82. The Kier molecular flexibility index (Phi) is 6.84. The molecule has 1 aliphatic rings.